The van der Waals surface area contributed by atoms with Crippen molar-refractivity contribution >= 4 is 5.69 Å². The summed E-state index contributed by atoms with van der Waals surface area (Å²) in [7, 11) is 2.15. The van der Waals surface area contributed by atoms with Crippen molar-refractivity contribution in [2.45, 2.75) is 32.7 Å². The lowest BCUT2D eigenvalue weighted by molar-refractivity contribution is 0.332. The van der Waals surface area contributed by atoms with E-state index < -0.39 is 0 Å². The summed E-state index contributed by atoms with van der Waals surface area (Å²) in [6, 6.07) is 9.33. The van der Waals surface area contributed by atoms with Crippen LogP contribution in [0.3, 0.4) is 0 Å². The Labute approximate surface area is 116 Å². The molecule has 0 amide bonds. The molecule has 2 rings (SSSR count). The first-order chi connectivity index (χ1) is 9.10. The highest BCUT2D eigenvalue weighted by molar-refractivity contribution is 5.52. The minimum atomic E-state index is 0.304. The summed E-state index contributed by atoms with van der Waals surface area (Å²) in [6.45, 7) is 7.41. The number of nitriles is 1. The largest absolute Gasteiger partial charge is 0.366 e. The monoisotopic (exact) mass is 257 g/mol. The Kier molecular flexibility index (Phi) is 4.44. The molecule has 1 atom stereocenters. The normalized spacial score (nSPS) is 20.9. The zero-order valence-corrected chi connectivity index (χ0v) is 12.2. The van der Waals surface area contributed by atoms with Gasteiger partial charge >= 0.3 is 0 Å². The third-order valence-corrected chi connectivity index (χ3v) is 3.77. The van der Waals surface area contributed by atoms with E-state index in [9.17, 15) is 0 Å². The quantitative estimate of drug-likeness (QED) is 0.816. The molecule has 1 aromatic rings. The number of likely N-dealkylation sites (N-methyl/N-ethyl adjacent to an activating group) is 1. The molecule has 1 fully saturated rings. The maximum absolute atomic E-state index is 9.08. The molecule has 0 saturated carbocycles. The Bertz CT molecular complexity index is 455. The second-order valence-electron chi connectivity index (χ2n) is 5.67. The molecular formula is C16H23N3. The summed E-state index contributed by atoms with van der Waals surface area (Å²) in [5.41, 5.74) is 3.86. The SMILES string of the molecule is Cc1cc(C)cc(N2CCCN(C)CC2CC#N)c1. The smallest absolute Gasteiger partial charge is 0.0643 e. The summed E-state index contributed by atoms with van der Waals surface area (Å²) in [6.07, 6.45) is 1.75. The molecule has 0 radical (unpaired) electrons. The lowest BCUT2D eigenvalue weighted by atomic mass is 10.1. The summed E-state index contributed by atoms with van der Waals surface area (Å²) >= 11 is 0. The molecule has 3 nitrogen and oxygen atoms in total. The van der Waals surface area contributed by atoms with Crippen molar-refractivity contribution in [2.75, 3.05) is 31.6 Å². The van der Waals surface area contributed by atoms with Crippen LogP contribution in [0.1, 0.15) is 24.0 Å². The Hall–Kier alpha value is -1.53. The van der Waals surface area contributed by atoms with Crippen LogP contribution < -0.4 is 4.90 Å². The van der Waals surface area contributed by atoms with Crippen molar-refractivity contribution in [3.8, 4) is 6.07 Å². The van der Waals surface area contributed by atoms with Gasteiger partial charge in [0, 0.05) is 18.8 Å². The van der Waals surface area contributed by atoms with E-state index in [2.05, 4.69) is 55.0 Å². The summed E-state index contributed by atoms with van der Waals surface area (Å²) in [4.78, 5) is 4.76. The lowest BCUT2D eigenvalue weighted by Crippen LogP contribution is -2.40. The molecule has 1 saturated heterocycles. The fourth-order valence-electron chi connectivity index (χ4n) is 2.98. The maximum Gasteiger partial charge on any atom is 0.0643 e. The third kappa shape index (κ3) is 3.48. The van der Waals surface area contributed by atoms with Gasteiger partial charge in [-0.3, -0.25) is 0 Å². The number of rotatable bonds is 2. The molecule has 102 valence electrons. The first kappa shape index (κ1) is 13.9. The van der Waals surface area contributed by atoms with Gasteiger partial charge in [-0.05, 0) is 57.1 Å². The van der Waals surface area contributed by atoms with E-state index in [1.165, 1.54) is 16.8 Å². The molecule has 1 heterocycles. The molecule has 19 heavy (non-hydrogen) atoms. The molecule has 0 aliphatic carbocycles. The summed E-state index contributed by atoms with van der Waals surface area (Å²) < 4.78 is 0. The Morgan fingerprint density at radius 3 is 2.53 bits per heavy atom. The first-order valence-electron chi connectivity index (χ1n) is 7.00. The van der Waals surface area contributed by atoms with Crippen LogP contribution in [0.5, 0.6) is 0 Å². The highest BCUT2D eigenvalue weighted by Crippen LogP contribution is 2.24. The van der Waals surface area contributed by atoms with E-state index >= 15 is 0 Å². The molecule has 1 aromatic carbocycles. The van der Waals surface area contributed by atoms with E-state index in [0.717, 1.165) is 26.1 Å². The van der Waals surface area contributed by atoms with E-state index in [-0.39, 0.29) is 0 Å². The van der Waals surface area contributed by atoms with Crippen molar-refractivity contribution in [3.63, 3.8) is 0 Å². The van der Waals surface area contributed by atoms with Gasteiger partial charge in [-0.15, -0.1) is 0 Å². The van der Waals surface area contributed by atoms with E-state index in [4.69, 9.17) is 5.26 Å². The van der Waals surface area contributed by atoms with E-state index in [1.54, 1.807) is 0 Å². The number of benzene rings is 1. The molecule has 1 aliphatic heterocycles. The Morgan fingerprint density at radius 2 is 1.89 bits per heavy atom. The van der Waals surface area contributed by atoms with Crippen LogP contribution in [0, 0.1) is 25.2 Å². The van der Waals surface area contributed by atoms with Crippen LogP contribution in [0.15, 0.2) is 18.2 Å². The van der Waals surface area contributed by atoms with Crippen molar-refractivity contribution < 1.29 is 0 Å². The van der Waals surface area contributed by atoms with Gasteiger partial charge < -0.3 is 9.80 Å². The predicted molar refractivity (Wildman–Crippen MR) is 79.4 cm³/mol. The molecule has 0 N–H and O–H groups in total. The predicted octanol–water partition coefficient (Wildman–Crippen LogP) is 2.73. The topological polar surface area (TPSA) is 30.3 Å². The van der Waals surface area contributed by atoms with Crippen LogP contribution in [0.25, 0.3) is 0 Å². The van der Waals surface area contributed by atoms with Gasteiger partial charge in [0.05, 0.1) is 18.5 Å². The Balaban J connectivity index is 2.30. The van der Waals surface area contributed by atoms with Gasteiger partial charge in [-0.2, -0.15) is 5.26 Å². The minimum absolute atomic E-state index is 0.304. The van der Waals surface area contributed by atoms with Gasteiger partial charge in [0.15, 0.2) is 0 Å². The van der Waals surface area contributed by atoms with Gasteiger partial charge in [0.2, 0.25) is 0 Å². The third-order valence-electron chi connectivity index (χ3n) is 3.77. The van der Waals surface area contributed by atoms with Crippen molar-refractivity contribution in [3.05, 3.63) is 29.3 Å². The number of hydrogen-bond acceptors (Lipinski definition) is 3. The molecule has 1 aliphatic rings. The van der Waals surface area contributed by atoms with Crippen LogP contribution in [-0.4, -0.2) is 37.6 Å². The zero-order valence-electron chi connectivity index (χ0n) is 12.2. The van der Waals surface area contributed by atoms with Crippen LogP contribution in [-0.2, 0) is 0 Å². The highest BCUT2D eigenvalue weighted by atomic mass is 15.2. The standard InChI is InChI=1S/C16H23N3/c1-13-9-14(2)11-16(10-13)19-8-4-7-18(3)12-15(19)5-6-17/h9-11,15H,4-5,7-8,12H2,1-3H3. The highest BCUT2D eigenvalue weighted by Gasteiger charge is 2.23. The molecular weight excluding hydrogens is 234 g/mol. The van der Waals surface area contributed by atoms with E-state index in [1.807, 2.05) is 0 Å². The number of hydrogen-bond donors (Lipinski definition) is 0. The molecule has 3 heteroatoms. The fraction of sp³-hybridized carbons (Fsp3) is 0.562. The molecule has 1 unspecified atom stereocenters. The van der Waals surface area contributed by atoms with Crippen molar-refractivity contribution in [1.82, 2.24) is 4.90 Å². The average Bonchev–Trinajstić information content (AvgIpc) is 2.50. The molecule has 0 bridgehead atoms. The van der Waals surface area contributed by atoms with Crippen LogP contribution >= 0.6 is 0 Å². The summed E-state index contributed by atoms with van der Waals surface area (Å²) in [5, 5.41) is 9.08. The number of anilines is 1. The van der Waals surface area contributed by atoms with Crippen molar-refractivity contribution in [2.24, 2.45) is 0 Å². The second kappa shape index (κ2) is 6.08. The van der Waals surface area contributed by atoms with Crippen LogP contribution in [0.4, 0.5) is 5.69 Å². The van der Waals surface area contributed by atoms with Crippen LogP contribution in [0.2, 0.25) is 0 Å². The zero-order chi connectivity index (χ0) is 13.8. The minimum Gasteiger partial charge on any atom is -0.366 e. The lowest BCUT2D eigenvalue weighted by Gasteiger charge is -2.32. The van der Waals surface area contributed by atoms with Gasteiger partial charge in [0.25, 0.3) is 0 Å². The summed E-state index contributed by atoms with van der Waals surface area (Å²) in [5.74, 6) is 0. The molecule has 0 aromatic heterocycles. The van der Waals surface area contributed by atoms with Gasteiger partial charge in [-0.1, -0.05) is 6.07 Å². The maximum atomic E-state index is 9.08. The number of aryl methyl sites for hydroxylation is 2. The Morgan fingerprint density at radius 1 is 1.21 bits per heavy atom. The number of nitrogens with zero attached hydrogens (tertiary/aromatic N) is 3. The van der Waals surface area contributed by atoms with Gasteiger partial charge in [-0.25, -0.2) is 0 Å². The second-order valence-corrected chi connectivity index (χ2v) is 5.67. The van der Waals surface area contributed by atoms with Crippen molar-refractivity contribution in [1.29, 1.82) is 5.26 Å². The first-order valence-corrected chi connectivity index (χ1v) is 7.00. The average molecular weight is 257 g/mol. The van der Waals surface area contributed by atoms with Gasteiger partial charge in [0.1, 0.15) is 0 Å². The van der Waals surface area contributed by atoms with E-state index in [0.29, 0.717) is 12.5 Å². The molecule has 0 spiro atoms. The fourth-order valence-corrected chi connectivity index (χ4v) is 2.98.